The molecule has 3 rings (SSSR count). The van der Waals surface area contributed by atoms with E-state index >= 15 is 0 Å². The van der Waals surface area contributed by atoms with Crippen LogP contribution in [0.25, 0.3) is 10.9 Å². The number of aromatic nitrogens is 1. The van der Waals surface area contributed by atoms with Crippen molar-refractivity contribution in [1.29, 1.82) is 0 Å². The average molecular weight is 269 g/mol. The largest absolute Gasteiger partial charge is 0.384 e. The number of rotatable bonds is 2. The van der Waals surface area contributed by atoms with Gasteiger partial charge in [0.15, 0.2) is 0 Å². The fourth-order valence-corrected chi connectivity index (χ4v) is 3.30. The summed E-state index contributed by atoms with van der Waals surface area (Å²) in [6.45, 7) is 4.11. The molecule has 0 aliphatic rings. The normalized spacial score (nSPS) is 12.8. The summed E-state index contributed by atoms with van der Waals surface area (Å²) in [7, 11) is 0. The van der Waals surface area contributed by atoms with Crippen molar-refractivity contribution < 1.29 is 5.11 Å². The quantitative estimate of drug-likeness (QED) is 0.763. The molecule has 3 heteroatoms. The molecule has 2 nitrogen and oxygen atoms in total. The van der Waals surface area contributed by atoms with E-state index in [1.54, 1.807) is 17.5 Å². The molecule has 0 aliphatic heterocycles. The summed E-state index contributed by atoms with van der Waals surface area (Å²) >= 11 is 1.72. The summed E-state index contributed by atoms with van der Waals surface area (Å²) in [4.78, 5) is 6.80. The number of aryl methyl sites for hydroxylation is 2. The maximum atomic E-state index is 10.5. The first-order chi connectivity index (χ1) is 9.15. The van der Waals surface area contributed by atoms with Gasteiger partial charge in [-0.25, -0.2) is 0 Å². The summed E-state index contributed by atoms with van der Waals surface area (Å²) in [6.07, 6.45) is 1.17. The zero-order valence-corrected chi connectivity index (χ0v) is 11.7. The number of fused-ring (bicyclic) bond motifs is 1. The number of hydrogen-bond acceptors (Lipinski definition) is 3. The van der Waals surface area contributed by atoms with Crippen molar-refractivity contribution in [3.63, 3.8) is 0 Å². The van der Waals surface area contributed by atoms with Crippen molar-refractivity contribution in [1.82, 2.24) is 4.98 Å². The van der Waals surface area contributed by atoms with Crippen molar-refractivity contribution in [3.05, 3.63) is 63.5 Å². The Morgan fingerprint density at radius 3 is 2.68 bits per heavy atom. The Bertz CT molecular complexity index is 732. The SMILES string of the molecule is Cc1cc(C(O)c2cnc3ccccc3c2)c(C)s1. The van der Waals surface area contributed by atoms with Crippen LogP contribution in [0, 0.1) is 13.8 Å². The number of thiophene rings is 1. The summed E-state index contributed by atoms with van der Waals surface area (Å²) < 4.78 is 0. The van der Waals surface area contributed by atoms with E-state index in [1.165, 1.54) is 4.88 Å². The number of aliphatic hydroxyl groups is 1. The Morgan fingerprint density at radius 1 is 1.16 bits per heavy atom. The molecule has 0 aliphatic carbocycles. The van der Waals surface area contributed by atoms with Crippen LogP contribution in [0.3, 0.4) is 0 Å². The molecule has 0 spiro atoms. The van der Waals surface area contributed by atoms with Gasteiger partial charge in [0.25, 0.3) is 0 Å². The first-order valence-corrected chi connectivity index (χ1v) is 7.06. The molecule has 0 saturated carbocycles. The van der Waals surface area contributed by atoms with Crippen LogP contribution in [0.15, 0.2) is 42.6 Å². The molecule has 1 aromatic carbocycles. The highest BCUT2D eigenvalue weighted by Crippen LogP contribution is 2.31. The first kappa shape index (κ1) is 12.3. The van der Waals surface area contributed by atoms with Crippen LogP contribution in [-0.2, 0) is 0 Å². The molecular formula is C16H15NOS. The number of hydrogen-bond donors (Lipinski definition) is 1. The molecule has 1 atom stereocenters. The van der Waals surface area contributed by atoms with Gasteiger partial charge in [-0.3, -0.25) is 4.98 Å². The fraction of sp³-hybridized carbons (Fsp3) is 0.188. The molecule has 1 N–H and O–H groups in total. The van der Waals surface area contributed by atoms with Crippen LogP contribution in [0.2, 0.25) is 0 Å². The predicted octanol–water partition coefficient (Wildman–Crippen LogP) is 3.99. The number of para-hydroxylation sites is 1. The van der Waals surface area contributed by atoms with E-state index in [-0.39, 0.29) is 0 Å². The molecule has 2 heterocycles. The van der Waals surface area contributed by atoms with Crippen molar-refractivity contribution >= 4 is 22.2 Å². The minimum atomic E-state index is -0.595. The number of pyridine rings is 1. The maximum Gasteiger partial charge on any atom is 0.107 e. The second-order valence-corrected chi connectivity index (χ2v) is 6.19. The lowest BCUT2D eigenvalue weighted by atomic mass is 10.0. The van der Waals surface area contributed by atoms with E-state index in [0.29, 0.717) is 0 Å². The predicted molar refractivity (Wildman–Crippen MR) is 79.6 cm³/mol. The van der Waals surface area contributed by atoms with Crippen LogP contribution < -0.4 is 0 Å². The molecule has 3 aromatic rings. The van der Waals surface area contributed by atoms with Gasteiger partial charge in [0, 0.05) is 26.9 Å². The van der Waals surface area contributed by atoms with E-state index < -0.39 is 6.10 Å². The highest BCUT2D eigenvalue weighted by molar-refractivity contribution is 7.12. The third kappa shape index (κ3) is 2.27. The van der Waals surface area contributed by atoms with Gasteiger partial charge >= 0.3 is 0 Å². The van der Waals surface area contributed by atoms with E-state index in [2.05, 4.69) is 18.0 Å². The molecule has 0 radical (unpaired) electrons. The Morgan fingerprint density at radius 2 is 1.95 bits per heavy atom. The van der Waals surface area contributed by atoms with Crippen molar-refractivity contribution in [3.8, 4) is 0 Å². The van der Waals surface area contributed by atoms with E-state index in [4.69, 9.17) is 0 Å². The lowest BCUT2D eigenvalue weighted by molar-refractivity contribution is 0.220. The lowest BCUT2D eigenvalue weighted by Crippen LogP contribution is -2.00. The molecule has 0 fully saturated rings. The molecule has 2 aromatic heterocycles. The van der Waals surface area contributed by atoms with Gasteiger partial charge in [0.05, 0.1) is 5.52 Å². The van der Waals surface area contributed by atoms with Crippen molar-refractivity contribution in [2.75, 3.05) is 0 Å². The fourth-order valence-electron chi connectivity index (χ4n) is 2.34. The molecule has 19 heavy (non-hydrogen) atoms. The second kappa shape index (κ2) is 4.76. The van der Waals surface area contributed by atoms with Gasteiger partial charge in [0.2, 0.25) is 0 Å². The van der Waals surface area contributed by atoms with Gasteiger partial charge in [-0.15, -0.1) is 11.3 Å². The minimum Gasteiger partial charge on any atom is -0.384 e. The Hall–Kier alpha value is -1.71. The Labute approximate surface area is 116 Å². The summed E-state index contributed by atoms with van der Waals surface area (Å²) in [5.74, 6) is 0. The van der Waals surface area contributed by atoms with Crippen LogP contribution >= 0.6 is 11.3 Å². The van der Waals surface area contributed by atoms with Crippen molar-refractivity contribution in [2.45, 2.75) is 20.0 Å². The van der Waals surface area contributed by atoms with Crippen LogP contribution in [0.5, 0.6) is 0 Å². The van der Waals surface area contributed by atoms with Crippen LogP contribution in [0.1, 0.15) is 27.0 Å². The number of aliphatic hydroxyl groups excluding tert-OH is 1. The molecule has 0 bridgehead atoms. The molecule has 1 unspecified atom stereocenters. The third-order valence-corrected chi connectivity index (χ3v) is 4.28. The van der Waals surface area contributed by atoms with Gasteiger partial charge in [0.1, 0.15) is 6.10 Å². The molecule has 0 amide bonds. The zero-order valence-electron chi connectivity index (χ0n) is 10.9. The topological polar surface area (TPSA) is 33.1 Å². The van der Waals surface area contributed by atoms with Gasteiger partial charge in [-0.2, -0.15) is 0 Å². The van der Waals surface area contributed by atoms with Crippen LogP contribution in [0.4, 0.5) is 0 Å². The average Bonchev–Trinajstić information content (AvgIpc) is 2.76. The summed E-state index contributed by atoms with van der Waals surface area (Å²) in [5.41, 5.74) is 2.79. The lowest BCUT2D eigenvalue weighted by Gasteiger charge is -2.11. The minimum absolute atomic E-state index is 0.595. The maximum absolute atomic E-state index is 10.5. The molecule has 96 valence electrons. The second-order valence-electron chi connectivity index (χ2n) is 4.73. The van der Waals surface area contributed by atoms with Gasteiger partial charge in [-0.1, -0.05) is 18.2 Å². The smallest absolute Gasteiger partial charge is 0.107 e. The molecule has 0 saturated heterocycles. The summed E-state index contributed by atoms with van der Waals surface area (Å²) in [5, 5.41) is 11.6. The highest BCUT2D eigenvalue weighted by atomic mass is 32.1. The summed E-state index contributed by atoms with van der Waals surface area (Å²) in [6, 6.07) is 12.0. The zero-order chi connectivity index (χ0) is 13.4. The Kier molecular flexibility index (Phi) is 3.09. The number of nitrogens with zero attached hydrogens (tertiary/aromatic N) is 1. The van der Waals surface area contributed by atoms with Gasteiger partial charge < -0.3 is 5.11 Å². The van der Waals surface area contributed by atoms with Gasteiger partial charge in [-0.05, 0) is 37.6 Å². The molecular weight excluding hydrogens is 254 g/mol. The van der Waals surface area contributed by atoms with E-state index in [0.717, 1.165) is 26.9 Å². The highest BCUT2D eigenvalue weighted by Gasteiger charge is 2.15. The standard InChI is InChI=1S/C16H15NOS/c1-10-7-14(11(2)19-10)16(18)13-8-12-5-3-4-6-15(12)17-9-13/h3-9,16,18H,1-2H3. The van der Waals surface area contributed by atoms with Crippen LogP contribution in [-0.4, -0.2) is 10.1 Å². The Balaban J connectivity index is 2.06. The third-order valence-electron chi connectivity index (χ3n) is 3.30. The van der Waals surface area contributed by atoms with E-state index in [9.17, 15) is 5.11 Å². The number of benzene rings is 1. The first-order valence-electron chi connectivity index (χ1n) is 6.25. The monoisotopic (exact) mass is 269 g/mol. The van der Waals surface area contributed by atoms with Crippen molar-refractivity contribution in [2.24, 2.45) is 0 Å². The van der Waals surface area contributed by atoms with E-state index in [1.807, 2.05) is 37.3 Å².